The third-order valence-electron chi connectivity index (χ3n) is 5.61. The van der Waals surface area contributed by atoms with Crippen molar-refractivity contribution in [3.05, 3.63) is 87.2 Å². The van der Waals surface area contributed by atoms with E-state index in [1.165, 1.54) is 10.8 Å². The van der Waals surface area contributed by atoms with E-state index in [0.717, 1.165) is 10.1 Å². The van der Waals surface area contributed by atoms with Crippen molar-refractivity contribution in [2.24, 2.45) is 0 Å². The zero-order valence-corrected chi connectivity index (χ0v) is 18.9. The number of hydrogen-bond acceptors (Lipinski definition) is 7. The normalized spacial score (nSPS) is 12.4. The highest BCUT2D eigenvalue weighted by Crippen LogP contribution is 2.32. The standard InChI is InChI=1S/C25H22N4O6/c1-33-18-7-4-16(5-8-18)14-29-24(31)23-19(3-2-10-26-23)28(25(29)32)15-22(30)27-17-6-9-20-21(13-17)35-12-11-34-20/h2-10,13H,11-12,14-15H2,1H3,(H,27,30). The topological polar surface area (TPSA) is 114 Å². The Balaban J connectivity index is 1.47. The molecule has 4 aromatic rings. The Bertz CT molecular complexity index is 1520. The summed E-state index contributed by atoms with van der Waals surface area (Å²) in [5.74, 6) is 1.36. The molecular weight excluding hydrogens is 452 g/mol. The third kappa shape index (κ3) is 4.45. The number of fused-ring (bicyclic) bond motifs is 2. The fraction of sp³-hybridized carbons (Fsp3) is 0.200. The number of pyridine rings is 1. The van der Waals surface area contributed by atoms with Crippen molar-refractivity contribution in [3.63, 3.8) is 0 Å². The summed E-state index contributed by atoms with van der Waals surface area (Å²) in [4.78, 5) is 43.5. The second-order valence-electron chi connectivity index (χ2n) is 7.89. The van der Waals surface area contributed by atoms with Gasteiger partial charge in [-0.05, 0) is 42.0 Å². The van der Waals surface area contributed by atoms with Gasteiger partial charge in [0.15, 0.2) is 17.0 Å². The summed E-state index contributed by atoms with van der Waals surface area (Å²) >= 11 is 0. The van der Waals surface area contributed by atoms with Crippen LogP contribution >= 0.6 is 0 Å². The second kappa shape index (κ2) is 9.34. The molecule has 0 saturated heterocycles. The van der Waals surface area contributed by atoms with Gasteiger partial charge in [0.05, 0.1) is 19.2 Å². The largest absolute Gasteiger partial charge is 0.497 e. The lowest BCUT2D eigenvalue weighted by atomic mass is 10.2. The molecule has 35 heavy (non-hydrogen) atoms. The Morgan fingerprint density at radius 3 is 2.57 bits per heavy atom. The van der Waals surface area contributed by atoms with Gasteiger partial charge in [0, 0.05) is 18.0 Å². The minimum Gasteiger partial charge on any atom is -0.497 e. The molecule has 1 amide bonds. The van der Waals surface area contributed by atoms with Crippen molar-refractivity contribution in [2.45, 2.75) is 13.1 Å². The number of amides is 1. The van der Waals surface area contributed by atoms with Gasteiger partial charge in [0.1, 0.15) is 25.5 Å². The number of aromatic nitrogens is 3. The van der Waals surface area contributed by atoms with Gasteiger partial charge < -0.3 is 19.5 Å². The quantitative estimate of drug-likeness (QED) is 0.455. The number of carbonyl (C=O) groups is 1. The zero-order chi connectivity index (χ0) is 24.4. The molecule has 1 aliphatic rings. The average molecular weight is 474 g/mol. The zero-order valence-electron chi connectivity index (χ0n) is 18.9. The van der Waals surface area contributed by atoms with Gasteiger partial charge in [-0.25, -0.2) is 9.78 Å². The van der Waals surface area contributed by atoms with Gasteiger partial charge in [-0.3, -0.25) is 18.7 Å². The number of nitrogens with one attached hydrogen (secondary N) is 1. The maximum Gasteiger partial charge on any atom is 0.332 e. The monoisotopic (exact) mass is 474 g/mol. The molecule has 10 nitrogen and oxygen atoms in total. The molecule has 0 fully saturated rings. The number of ether oxygens (including phenoxy) is 3. The van der Waals surface area contributed by atoms with Crippen LogP contribution in [0.2, 0.25) is 0 Å². The predicted molar refractivity (Wildman–Crippen MR) is 128 cm³/mol. The lowest BCUT2D eigenvalue weighted by Crippen LogP contribution is -2.42. The van der Waals surface area contributed by atoms with Crippen LogP contribution in [-0.4, -0.2) is 40.3 Å². The summed E-state index contributed by atoms with van der Waals surface area (Å²) in [6.07, 6.45) is 1.48. The smallest absolute Gasteiger partial charge is 0.332 e. The van der Waals surface area contributed by atoms with E-state index in [1.54, 1.807) is 61.7 Å². The number of rotatable bonds is 6. The van der Waals surface area contributed by atoms with Crippen molar-refractivity contribution in [1.82, 2.24) is 14.1 Å². The van der Waals surface area contributed by atoms with Crippen LogP contribution in [0.4, 0.5) is 5.69 Å². The Labute approximate surface area is 199 Å². The van der Waals surface area contributed by atoms with Crippen LogP contribution in [0.3, 0.4) is 0 Å². The molecule has 2 aromatic carbocycles. The second-order valence-corrected chi connectivity index (χ2v) is 7.89. The molecule has 0 radical (unpaired) electrons. The molecule has 0 saturated carbocycles. The molecule has 178 valence electrons. The Morgan fingerprint density at radius 1 is 1.03 bits per heavy atom. The Morgan fingerprint density at radius 2 is 1.80 bits per heavy atom. The van der Waals surface area contributed by atoms with Crippen LogP contribution in [-0.2, 0) is 17.9 Å². The fourth-order valence-corrected chi connectivity index (χ4v) is 3.91. The maximum absolute atomic E-state index is 13.4. The molecule has 10 heteroatoms. The first-order chi connectivity index (χ1) is 17.0. The summed E-state index contributed by atoms with van der Waals surface area (Å²) in [7, 11) is 1.56. The van der Waals surface area contributed by atoms with Gasteiger partial charge in [-0.2, -0.15) is 0 Å². The number of anilines is 1. The van der Waals surface area contributed by atoms with Gasteiger partial charge in [-0.15, -0.1) is 0 Å². The number of nitrogens with zero attached hydrogens (tertiary/aromatic N) is 3. The van der Waals surface area contributed by atoms with E-state index in [0.29, 0.717) is 36.1 Å². The first-order valence-electron chi connectivity index (χ1n) is 10.9. The lowest BCUT2D eigenvalue weighted by molar-refractivity contribution is -0.116. The molecule has 0 bridgehead atoms. The highest BCUT2D eigenvalue weighted by molar-refractivity contribution is 5.91. The maximum atomic E-state index is 13.4. The highest BCUT2D eigenvalue weighted by atomic mass is 16.6. The molecule has 5 rings (SSSR count). The summed E-state index contributed by atoms with van der Waals surface area (Å²) in [5, 5.41) is 2.77. The van der Waals surface area contributed by atoms with E-state index in [2.05, 4.69) is 10.3 Å². The van der Waals surface area contributed by atoms with Crippen molar-refractivity contribution >= 4 is 22.6 Å². The lowest BCUT2D eigenvalue weighted by Gasteiger charge is -2.19. The van der Waals surface area contributed by atoms with Crippen molar-refractivity contribution in [2.75, 3.05) is 25.6 Å². The fourth-order valence-electron chi connectivity index (χ4n) is 3.91. The minimum absolute atomic E-state index is 0.0257. The number of methoxy groups -OCH3 is 1. The van der Waals surface area contributed by atoms with Crippen molar-refractivity contribution in [1.29, 1.82) is 0 Å². The van der Waals surface area contributed by atoms with Crippen molar-refractivity contribution in [3.8, 4) is 17.2 Å². The van der Waals surface area contributed by atoms with E-state index in [4.69, 9.17) is 14.2 Å². The van der Waals surface area contributed by atoms with Crippen LogP contribution < -0.4 is 30.8 Å². The summed E-state index contributed by atoms with van der Waals surface area (Å²) < 4.78 is 18.5. The molecule has 1 N–H and O–H groups in total. The third-order valence-corrected chi connectivity index (χ3v) is 5.61. The molecule has 2 aromatic heterocycles. The highest BCUT2D eigenvalue weighted by Gasteiger charge is 2.18. The molecule has 1 aliphatic heterocycles. The first kappa shape index (κ1) is 22.2. The van der Waals surface area contributed by atoms with Gasteiger partial charge in [0.25, 0.3) is 5.56 Å². The molecule has 3 heterocycles. The van der Waals surface area contributed by atoms with Gasteiger partial charge >= 0.3 is 5.69 Å². The van der Waals surface area contributed by atoms with E-state index in [1.807, 2.05) is 0 Å². The predicted octanol–water partition coefficient (Wildman–Crippen LogP) is 2.03. The summed E-state index contributed by atoms with van der Waals surface area (Å²) in [5.41, 5.74) is 0.487. The molecule has 0 aliphatic carbocycles. The molecule has 0 spiro atoms. The average Bonchev–Trinajstić information content (AvgIpc) is 2.89. The van der Waals surface area contributed by atoms with Crippen LogP contribution in [0.1, 0.15) is 5.56 Å². The van der Waals surface area contributed by atoms with E-state index < -0.39 is 17.2 Å². The minimum atomic E-state index is -0.608. The number of hydrogen-bond donors (Lipinski definition) is 1. The van der Waals surface area contributed by atoms with Gasteiger partial charge in [-0.1, -0.05) is 12.1 Å². The molecule has 0 unspecified atom stereocenters. The molecule has 0 atom stereocenters. The first-order valence-corrected chi connectivity index (χ1v) is 10.9. The van der Waals surface area contributed by atoms with Crippen LogP contribution in [0, 0.1) is 0 Å². The van der Waals surface area contributed by atoms with Crippen LogP contribution in [0.5, 0.6) is 17.2 Å². The van der Waals surface area contributed by atoms with E-state index in [9.17, 15) is 14.4 Å². The number of benzene rings is 2. The van der Waals surface area contributed by atoms with Crippen LogP contribution in [0.15, 0.2) is 70.4 Å². The Kier molecular flexibility index (Phi) is 5.92. The summed E-state index contributed by atoms with van der Waals surface area (Å²) in [6, 6.07) is 15.3. The SMILES string of the molecule is COc1ccc(Cn2c(=O)c3ncccc3n(CC(=O)Nc3ccc4c(c3)OCCO4)c2=O)cc1. The molecular formula is C25H22N4O6. The van der Waals surface area contributed by atoms with E-state index in [-0.39, 0.29) is 24.1 Å². The number of carbonyl (C=O) groups excluding carboxylic acids is 1. The van der Waals surface area contributed by atoms with Crippen LogP contribution in [0.25, 0.3) is 11.0 Å². The van der Waals surface area contributed by atoms with Gasteiger partial charge in [0.2, 0.25) is 5.91 Å². The summed E-state index contributed by atoms with van der Waals surface area (Å²) in [6.45, 7) is 0.611. The van der Waals surface area contributed by atoms with E-state index >= 15 is 0 Å². The van der Waals surface area contributed by atoms with Crippen molar-refractivity contribution < 1.29 is 19.0 Å². The Hall–Kier alpha value is -4.60.